The van der Waals surface area contributed by atoms with Crippen molar-refractivity contribution in [2.45, 2.75) is 13.1 Å². The summed E-state index contributed by atoms with van der Waals surface area (Å²) in [4.78, 5) is 9.75. The first kappa shape index (κ1) is 20.7. The monoisotopic (exact) mass is 462 g/mol. The van der Waals surface area contributed by atoms with Crippen LogP contribution in [0.2, 0.25) is 0 Å². The molecular formula is C16H23IN4O2S. The van der Waals surface area contributed by atoms with E-state index in [0.29, 0.717) is 25.6 Å². The summed E-state index contributed by atoms with van der Waals surface area (Å²) in [5, 5.41) is 8.62. The predicted molar refractivity (Wildman–Crippen MR) is 108 cm³/mol. The lowest BCUT2D eigenvalue weighted by molar-refractivity contribution is 0.143. The topological polar surface area (TPSA) is 67.8 Å². The zero-order chi connectivity index (χ0) is 16.3. The van der Waals surface area contributed by atoms with Gasteiger partial charge in [-0.1, -0.05) is 12.1 Å². The van der Waals surface area contributed by atoms with Crippen molar-refractivity contribution in [3.05, 3.63) is 46.3 Å². The van der Waals surface area contributed by atoms with Crippen LogP contribution in [-0.2, 0) is 17.8 Å². The fourth-order valence-corrected chi connectivity index (χ4v) is 2.54. The maximum atomic E-state index is 5.63. The minimum absolute atomic E-state index is 0. The van der Waals surface area contributed by atoms with Crippen LogP contribution >= 0.6 is 35.3 Å². The molecule has 8 heteroatoms. The Balaban J connectivity index is 0.00000288. The SMILES string of the molecule is CN=C(NCc1cccs1)NCc1cccnc1OCCOC.I. The summed E-state index contributed by atoms with van der Waals surface area (Å²) in [6, 6.07) is 8.00. The highest BCUT2D eigenvalue weighted by Crippen LogP contribution is 2.13. The minimum Gasteiger partial charge on any atom is -0.475 e. The molecule has 0 unspecified atom stereocenters. The number of nitrogens with one attached hydrogen (secondary N) is 2. The Bertz CT molecular complexity index is 608. The largest absolute Gasteiger partial charge is 0.475 e. The number of aromatic nitrogens is 1. The molecule has 0 amide bonds. The molecule has 2 heterocycles. The molecule has 24 heavy (non-hydrogen) atoms. The molecule has 2 N–H and O–H groups in total. The lowest BCUT2D eigenvalue weighted by Crippen LogP contribution is -2.36. The summed E-state index contributed by atoms with van der Waals surface area (Å²) in [5.74, 6) is 1.36. The number of pyridine rings is 1. The Hall–Kier alpha value is -1.39. The van der Waals surface area contributed by atoms with Crippen LogP contribution in [0.5, 0.6) is 5.88 Å². The van der Waals surface area contributed by atoms with Crippen LogP contribution in [0, 0.1) is 0 Å². The van der Waals surface area contributed by atoms with Gasteiger partial charge in [0.2, 0.25) is 5.88 Å². The number of thiophene rings is 1. The van der Waals surface area contributed by atoms with E-state index in [0.717, 1.165) is 18.1 Å². The second kappa shape index (κ2) is 12.0. The third kappa shape index (κ3) is 7.02. The van der Waals surface area contributed by atoms with Crippen molar-refractivity contribution in [2.75, 3.05) is 27.4 Å². The van der Waals surface area contributed by atoms with E-state index >= 15 is 0 Å². The quantitative estimate of drug-likeness (QED) is 0.273. The number of nitrogens with zero attached hydrogens (tertiary/aromatic N) is 2. The number of halogens is 1. The molecular weight excluding hydrogens is 439 g/mol. The van der Waals surface area contributed by atoms with Crippen LogP contribution in [0.1, 0.15) is 10.4 Å². The molecule has 0 saturated carbocycles. The molecule has 0 fully saturated rings. The van der Waals surface area contributed by atoms with E-state index in [1.165, 1.54) is 4.88 Å². The zero-order valence-electron chi connectivity index (χ0n) is 13.8. The van der Waals surface area contributed by atoms with Gasteiger partial charge in [0.15, 0.2) is 5.96 Å². The van der Waals surface area contributed by atoms with E-state index in [-0.39, 0.29) is 24.0 Å². The molecule has 0 radical (unpaired) electrons. The van der Waals surface area contributed by atoms with E-state index in [1.54, 1.807) is 31.7 Å². The van der Waals surface area contributed by atoms with Crippen molar-refractivity contribution in [2.24, 2.45) is 4.99 Å². The highest BCUT2D eigenvalue weighted by Gasteiger charge is 2.06. The van der Waals surface area contributed by atoms with Crippen LogP contribution in [0.25, 0.3) is 0 Å². The highest BCUT2D eigenvalue weighted by atomic mass is 127. The molecule has 0 saturated heterocycles. The van der Waals surface area contributed by atoms with Gasteiger partial charge < -0.3 is 20.1 Å². The number of guanidine groups is 1. The number of ether oxygens (including phenoxy) is 2. The molecule has 6 nitrogen and oxygen atoms in total. The smallest absolute Gasteiger partial charge is 0.218 e. The lowest BCUT2D eigenvalue weighted by atomic mass is 10.2. The van der Waals surface area contributed by atoms with Gasteiger partial charge in [0.25, 0.3) is 0 Å². The Labute approximate surface area is 163 Å². The second-order valence-corrected chi connectivity index (χ2v) is 5.70. The normalized spacial score (nSPS) is 10.8. The first-order chi connectivity index (χ1) is 11.3. The fraction of sp³-hybridized carbons (Fsp3) is 0.375. The number of rotatable bonds is 8. The standard InChI is InChI=1S/C16H22N4O2S.HI/c1-17-16(20-12-14-6-4-10-23-14)19-11-13-5-3-7-18-15(13)22-9-8-21-2;/h3-7,10H,8-9,11-12H2,1-2H3,(H2,17,19,20);1H. The molecule has 132 valence electrons. The summed E-state index contributed by atoms with van der Waals surface area (Å²) in [7, 11) is 3.40. The average molecular weight is 462 g/mol. The Morgan fingerprint density at radius 3 is 2.75 bits per heavy atom. The van der Waals surface area contributed by atoms with Gasteiger partial charge in [-0.3, -0.25) is 4.99 Å². The molecule has 0 atom stereocenters. The molecule has 0 bridgehead atoms. The average Bonchev–Trinajstić information content (AvgIpc) is 3.10. The van der Waals surface area contributed by atoms with Crippen LogP contribution in [-0.4, -0.2) is 38.3 Å². The van der Waals surface area contributed by atoms with Crippen LogP contribution in [0.15, 0.2) is 40.8 Å². The van der Waals surface area contributed by atoms with Gasteiger partial charge in [-0.15, -0.1) is 35.3 Å². The molecule has 0 aliphatic heterocycles. The molecule has 2 rings (SSSR count). The van der Waals surface area contributed by atoms with Crippen molar-refractivity contribution in [1.82, 2.24) is 15.6 Å². The third-order valence-corrected chi connectivity index (χ3v) is 3.93. The summed E-state index contributed by atoms with van der Waals surface area (Å²) in [6.45, 7) is 2.35. The Morgan fingerprint density at radius 1 is 1.21 bits per heavy atom. The minimum atomic E-state index is 0. The van der Waals surface area contributed by atoms with E-state index in [4.69, 9.17) is 9.47 Å². The van der Waals surface area contributed by atoms with Crippen LogP contribution in [0.3, 0.4) is 0 Å². The maximum absolute atomic E-state index is 5.63. The fourth-order valence-electron chi connectivity index (χ4n) is 1.89. The van der Waals surface area contributed by atoms with Crippen LogP contribution < -0.4 is 15.4 Å². The third-order valence-electron chi connectivity index (χ3n) is 3.06. The van der Waals surface area contributed by atoms with E-state index in [2.05, 4.69) is 32.1 Å². The summed E-state index contributed by atoms with van der Waals surface area (Å²) in [6.07, 6.45) is 1.72. The molecule has 0 aliphatic rings. The van der Waals surface area contributed by atoms with Gasteiger partial charge >= 0.3 is 0 Å². The second-order valence-electron chi connectivity index (χ2n) is 4.67. The maximum Gasteiger partial charge on any atom is 0.218 e. The van der Waals surface area contributed by atoms with Gasteiger partial charge in [0.05, 0.1) is 13.2 Å². The van der Waals surface area contributed by atoms with Crippen molar-refractivity contribution < 1.29 is 9.47 Å². The number of hydrogen-bond acceptors (Lipinski definition) is 5. The Morgan fingerprint density at radius 2 is 2.04 bits per heavy atom. The van der Waals surface area contributed by atoms with E-state index in [1.807, 2.05) is 18.2 Å². The van der Waals surface area contributed by atoms with Gasteiger partial charge in [-0.25, -0.2) is 4.98 Å². The zero-order valence-corrected chi connectivity index (χ0v) is 17.0. The van der Waals surface area contributed by atoms with Crippen molar-refractivity contribution in [3.8, 4) is 5.88 Å². The summed E-state index contributed by atoms with van der Waals surface area (Å²) < 4.78 is 10.6. The number of methoxy groups -OCH3 is 1. The van der Waals surface area contributed by atoms with Gasteiger partial charge in [0, 0.05) is 37.3 Å². The number of aliphatic imine (C=N–C) groups is 1. The molecule has 0 aliphatic carbocycles. The van der Waals surface area contributed by atoms with E-state index in [9.17, 15) is 0 Å². The van der Waals surface area contributed by atoms with Crippen molar-refractivity contribution in [1.29, 1.82) is 0 Å². The highest BCUT2D eigenvalue weighted by molar-refractivity contribution is 14.0. The van der Waals surface area contributed by atoms with Crippen LogP contribution in [0.4, 0.5) is 0 Å². The van der Waals surface area contributed by atoms with Gasteiger partial charge in [0.1, 0.15) is 6.61 Å². The number of hydrogen-bond donors (Lipinski definition) is 2. The van der Waals surface area contributed by atoms with Crippen molar-refractivity contribution in [3.63, 3.8) is 0 Å². The Kier molecular flexibility index (Phi) is 10.4. The molecule has 0 spiro atoms. The summed E-state index contributed by atoms with van der Waals surface area (Å²) >= 11 is 1.72. The lowest BCUT2D eigenvalue weighted by Gasteiger charge is -2.13. The van der Waals surface area contributed by atoms with Gasteiger partial charge in [-0.2, -0.15) is 0 Å². The van der Waals surface area contributed by atoms with Crippen molar-refractivity contribution >= 4 is 41.3 Å². The molecule has 2 aromatic heterocycles. The van der Waals surface area contributed by atoms with Gasteiger partial charge in [-0.05, 0) is 17.5 Å². The molecule has 0 aromatic carbocycles. The van der Waals surface area contributed by atoms with E-state index < -0.39 is 0 Å². The first-order valence-corrected chi connectivity index (χ1v) is 8.24. The summed E-state index contributed by atoms with van der Waals surface area (Å²) in [5.41, 5.74) is 0.975. The first-order valence-electron chi connectivity index (χ1n) is 7.36. The predicted octanol–water partition coefficient (Wildman–Crippen LogP) is 2.65. The molecule has 2 aromatic rings.